The molecule has 1 fully saturated rings. The van der Waals surface area contributed by atoms with E-state index in [-0.39, 0.29) is 6.03 Å². The van der Waals surface area contributed by atoms with Gasteiger partial charge in [-0.3, -0.25) is 0 Å². The van der Waals surface area contributed by atoms with E-state index in [1.54, 1.807) is 0 Å². The molecule has 0 unspecified atom stereocenters. The van der Waals surface area contributed by atoms with Crippen LogP contribution in [0.15, 0.2) is 0 Å². The lowest BCUT2D eigenvalue weighted by atomic mass is 10.1. The van der Waals surface area contributed by atoms with E-state index in [1.165, 1.54) is 25.7 Å². The molecule has 0 saturated heterocycles. The first kappa shape index (κ1) is 11.3. The van der Waals surface area contributed by atoms with Gasteiger partial charge in [-0.1, -0.05) is 12.8 Å². The Hall–Kier alpha value is -0.730. The van der Waals surface area contributed by atoms with Crippen molar-refractivity contribution >= 4 is 6.03 Å². The molecule has 1 saturated carbocycles. The van der Waals surface area contributed by atoms with Crippen LogP contribution in [0.2, 0.25) is 0 Å². The molecule has 3 heteroatoms. The predicted molar refractivity (Wildman–Crippen MR) is 58.3 cm³/mol. The number of urea groups is 1. The lowest BCUT2D eigenvalue weighted by molar-refractivity contribution is 0.201. The lowest BCUT2D eigenvalue weighted by Crippen LogP contribution is -2.41. The highest BCUT2D eigenvalue weighted by Crippen LogP contribution is 2.23. The Kier molecular flexibility index (Phi) is 4.77. The third-order valence-electron chi connectivity index (χ3n) is 3.07. The van der Waals surface area contributed by atoms with E-state index in [4.69, 9.17) is 0 Å². The van der Waals surface area contributed by atoms with E-state index >= 15 is 0 Å². The van der Waals surface area contributed by atoms with Crippen molar-refractivity contribution in [3.05, 3.63) is 0 Å². The summed E-state index contributed by atoms with van der Waals surface area (Å²) in [5.41, 5.74) is 0. The molecule has 1 rings (SSSR count). The van der Waals surface area contributed by atoms with E-state index in [0.717, 1.165) is 25.6 Å². The summed E-state index contributed by atoms with van der Waals surface area (Å²) in [5.74, 6) is 0.731. The van der Waals surface area contributed by atoms with Crippen LogP contribution >= 0.6 is 0 Å². The van der Waals surface area contributed by atoms with Crippen molar-refractivity contribution < 1.29 is 4.79 Å². The molecule has 0 aromatic carbocycles. The molecule has 0 aliphatic heterocycles. The average Bonchev–Trinajstić information content (AvgIpc) is 2.69. The van der Waals surface area contributed by atoms with Crippen LogP contribution in [0.4, 0.5) is 4.79 Å². The molecule has 0 bridgehead atoms. The standard InChI is InChI=1S/C11H22N2O/c1-3-13(4-2)11(14)12-9-10-7-5-6-8-10/h10H,3-9H2,1-2H3,(H,12,14). The lowest BCUT2D eigenvalue weighted by Gasteiger charge is -2.20. The van der Waals surface area contributed by atoms with Crippen LogP contribution in [-0.2, 0) is 0 Å². The molecular formula is C11H22N2O. The maximum absolute atomic E-state index is 11.6. The van der Waals surface area contributed by atoms with Crippen LogP contribution in [0.25, 0.3) is 0 Å². The fourth-order valence-corrected chi connectivity index (χ4v) is 2.07. The van der Waals surface area contributed by atoms with Crippen molar-refractivity contribution in [2.45, 2.75) is 39.5 Å². The van der Waals surface area contributed by atoms with Crippen LogP contribution in [-0.4, -0.2) is 30.6 Å². The number of nitrogens with zero attached hydrogens (tertiary/aromatic N) is 1. The molecule has 2 amide bonds. The van der Waals surface area contributed by atoms with E-state index < -0.39 is 0 Å². The normalized spacial score (nSPS) is 17.0. The van der Waals surface area contributed by atoms with Crippen LogP contribution in [0, 0.1) is 5.92 Å². The van der Waals surface area contributed by atoms with Gasteiger partial charge in [-0.25, -0.2) is 4.79 Å². The minimum atomic E-state index is 0.0990. The van der Waals surface area contributed by atoms with E-state index in [0.29, 0.717) is 0 Å². The van der Waals surface area contributed by atoms with Gasteiger partial charge in [-0.15, -0.1) is 0 Å². The maximum Gasteiger partial charge on any atom is 0.317 e. The van der Waals surface area contributed by atoms with Crippen molar-refractivity contribution in [1.29, 1.82) is 0 Å². The Morgan fingerprint density at radius 2 is 1.86 bits per heavy atom. The first-order valence-corrected chi connectivity index (χ1v) is 5.80. The molecule has 1 N–H and O–H groups in total. The zero-order valence-corrected chi connectivity index (χ0v) is 9.38. The summed E-state index contributed by atoms with van der Waals surface area (Å²) in [4.78, 5) is 13.4. The van der Waals surface area contributed by atoms with Gasteiger partial charge in [0, 0.05) is 19.6 Å². The average molecular weight is 198 g/mol. The zero-order valence-electron chi connectivity index (χ0n) is 9.38. The monoisotopic (exact) mass is 198 g/mol. The number of carbonyl (C=O) groups is 1. The fraction of sp³-hybridized carbons (Fsp3) is 0.909. The Bertz CT molecular complexity index is 172. The Morgan fingerprint density at radius 3 is 2.36 bits per heavy atom. The van der Waals surface area contributed by atoms with Crippen molar-refractivity contribution in [2.24, 2.45) is 5.92 Å². The second kappa shape index (κ2) is 5.89. The SMILES string of the molecule is CCN(CC)C(=O)NCC1CCCC1. The number of nitrogens with one attached hydrogen (secondary N) is 1. The Balaban J connectivity index is 2.18. The highest BCUT2D eigenvalue weighted by Gasteiger charge is 2.16. The molecule has 82 valence electrons. The van der Waals surface area contributed by atoms with E-state index in [9.17, 15) is 4.79 Å². The molecule has 0 atom stereocenters. The van der Waals surface area contributed by atoms with Gasteiger partial charge in [-0.05, 0) is 32.6 Å². The second-order valence-corrected chi connectivity index (χ2v) is 4.01. The van der Waals surface area contributed by atoms with Gasteiger partial charge in [0.25, 0.3) is 0 Å². The second-order valence-electron chi connectivity index (χ2n) is 4.01. The summed E-state index contributed by atoms with van der Waals surface area (Å²) in [6.07, 6.45) is 5.26. The van der Waals surface area contributed by atoms with Crippen molar-refractivity contribution in [3.8, 4) is 0 Å². The molecule has 0 aromatic heterocycles. The third-order valence-corrected chi connectivity index (χ3v) is 3.07. The number of rotatable bonds is 4. The van der Waals surface area contributed by atoms with Crippen LogP contribution in [0.5, 0.6) is 0 Å². The summed E-state index contributed by atoms with van der Waals surface area (Å²) >= 11 is 0. The van der Waals surface area contributed by atoms with Gasteiger partial charge in [0.05, 0.1) is 0 Å². The molecule has 1 aliphatic rings. The van der Waals surface area contributed by atoms with Gasteiger partial charge in [0.2, 0.25) is 0 Å². The zero-order chi connectivity index (χ0) is 10.4. The number of hydrogen-bond donors (Lipinski definition) is 1. The Labute approximate surface area is 86.9 Å². The molecular weight excluding hydrogens is 176 g/mol. The summed E-state index contributed by atoms with van der Waals surface area (Å²) < 4.78 is 0. The van der Waals surface area contributed by atoms with Gasteiger partial charge in [0.1, 0.15) is 0 Å². The molecule has 0 heterocycles. The summed E-state index contributed by atoms with van der Waals surface area (Å²) in [7, 11) is 0. The molecule has 14 heavy (non-hydrogen) atoms. The summed E-state index contributed by atoms with van der Waals surface area (Å²) in [6.45, 7) is 6.49. The third kappa shape index (κ3) is 3.20. The number of hydrogen-bond acceptors (Lipinski definition) is 1. The van der Waals surface area contributed by atoms with Crippen LogP contribution < -0.4 is 5.32 Å². The summed E-state index contributed by atoms with van der Waals surface area (Å²) in [5, 5.41) is 3.01. The molecule has 3 nitrogen and oxygen atoms in total. The molecule has 1 aliphatic carbocycles. The highest BCUT2D eigenvalue weighted by atomic mass is 16.2. The molecule has 0 radical (unpaired) electrons. The smallest absolute Gasteiger partial charge is 0.317 e. The van der Waals surface area contributed by atoms with E-state index in [1.807, 2.05) is 18.7 Å². The van der Waals surface area contributed by atoms with Crippen LogP contribution in [0.3, 0.4) is 0 Å². The largest absolute Gasteiger partial charge is 0.338 e. The van der Waals surface area contributed by atoms with Crippen LogP contribution in [0.1, 0.15) is 39.5 Å². The molecule has 0 aromatic rings. The fourth-order valence-electron chi connectivity index (χ4n) is 2.07. The van der Waals surface area contributed by atoms with Gasteiger partial charge in [-0.2, -0.15) is 0 Å². The highest BCUT2D eigenvalue weighted by molar-refractivity contribution is 5.74. The Morgan fingerprint density at radius 1 is 1.29 bits per heavy atom. The molecule has 0 spiro atoms. The van der Waals surface area contributed by atoms with Gasteiger partial charge < -0.3 is 10.2 Å². The van der Waals surface area contributed by atoms with Gasteiger partial charge in [0.15, 0.2) is 0 Å². The number of carbonyl (C=O) groups excluding carboxylic acids is 1. The van der Waals surface area contributed by atoms with Crippen molar-refractivity contribution in [1.82, 2.24) is 10.2 Å². The first-order chi connectivity index (χ1) is 6.77. The summed E-state index contributed by atoms with van der Waals surface area (Å²) in [6, 6.07) is 0.0990. The minimum Gasteiger partial charge on any atom is -0.338 e. The van der Waals surface area contributed by atoms with E-state index in [2.05, 4.69) is 5.32 Å². The van der Waals surface area contributed by atoms with Crippen molar-refractivity contribution in [2.75, 3.05) is 19.6 Å². The minimum absolute atomic E-state index is 0.0990. The maximum atomic E-state index is 11.6. The predicted octanol–water partition coefficient (Wildman–Crippen LogP) is 2.23. The van der Waals surface area contributed by atoms with Crippen molar-refractivity contribution in [3.63, 3.8) is 0 Å². The first-order valence-electron chi connectivity index (χ1n) is 5.80. The number of amides is 2. The quantitative estimate of drug-likeness (QED) is 0.738. The van der Waals surface area contributed by atoms with Gasteiger partial charge >= 0.3 is 6.03 Å². The topological polar surface area (TPSA) is 32.3 Å².